The summed E-state index contributed by atoms with van der Waals surface area (Å²) in [7, 11) is 1.56. The van der Waals surface area contributed by atoms with E-state index in [1.165, 1.54) is 0 Å². The maximum absolute atomic E-state index is 12.3. The third-order valence-corrected chi connectivity index (χ3v) is 4.52. The molecule has 23 heavy (non-hydrogen) atoms. The van der Waals surface area contributed by atoms with Gasteiger partial charge in [0.2, 0.25) is 11.8 Å². The van der Waals surface area contributed by atoms with Crippen molar-refractivity contribution in [3.8, 4) is 5.75 Å². The molecule has 8 heteroatoms. The quantitative estimate of drug-likeness (QED) is 0.822. The molecule has 122 valence electrons. The van der Waals surface area contributed by atoms with Crippen LogP contribution in [0.4, 0.5) is 5.69 Å². The summed E-state index contributed by atoms with van der Waals surface area (Å²) in [6, 6.07) is 5.30. The number of hydrogen-bond acceptors (Lipinski definition) is 6. The predicted molar refractivity (Wildman–Crippen MR) is 89.2 cm³/mol. The Labute approximate surface area is 143 Å². The van der Waals surface area contributed by atoms with Gasteiger partial charge in [0.1, 0.15) is 5.75 Å². The number of rotatable bonds is 5. The van der Waals surface area contributed by atoms with Crippen molar-refractivity contribution in [2.45, 2.75) is 18.1 Å². The van der Waals surface area contributed by atoms with Crippen molar-refractivity contribution in [1.82, 2.24) is 10.1 Å². The molecule has 0 saturated carbocycles. The topological polar surface area (TPSA) is 68.5 Å². The minimum Gasteiger partial charge on any atom is -0.495 e. The van der Waals surface area contributed by atoms with Gasteiger partial charge in [-0.2, -0.15) is 16.7 Å². The third kappa shape index (κ3) is 3.30. The van der Waals surface area contributed by atoms with Crippen LogP contribution in [-0.4, -0.2) is 36.0 Å². The van der Waals surface area contributed by atoms with Crippen LogP contribution in [-0.2, 0) is 10.5 Å². The molecular formula is C15H16ClN3O3S. The first-order chi connectivity index (χ1) is 11.1. The number of hydrogen-bond donors (Lipinski definition) is 0. The number of benzene rings is 1. The van der Waals surface area contributed by atoms with Crippen LogP contribution in [0.3, 0.4) is 0 Å². The Morgan fingerprint density at radius 1 is 1.52 bits per heavy atom. The fourth-order valence-corrected chi connectivity index (χ4v) is 3.19. The van der Waals surface area contributed by atoms with Gasteiger partial charge in [-0.3, -0.25) is 4.79 Å². The monoisotopic (exact) mass is 353 g/mol. The first-order valence-electron chi connectivity index (χ1n) is 7.07. The Kier molecular flexibility index (Phi) is 4.77. The van der Waals surface area contributed by atoms with Crippen LogP contribution in [0, 0.1) is 0 Å². The Balaban J connectivity index is 1.77. The number of carbonyl (C=O) groups excluding carboxylic acids is 1. The van der Waals surface area contributed by atoms with E-state index >= 15 is 0 Å². The number of nitrogens with zero attached hydrogens (tertiary/aromatic N) is 3. The molecule has 1 atom stereocenters. The van der Waals surface area contributed by atoms with Crippen LogP contribution in [0.2, 0.25) is 5.02 Å². The van der Waals surface area contributed by atoms with Crippen LogP contribution < -0.4 is 9.64 Å². The van der Waals surface area contributed by atoms with Crippen molar-refractivity contribution < 1.29 is 14.1 Å². The molecule has 0 bridgehead atoms. The summed E-state index contributed by atoms with van der Waals surface area (Å²) in [5, 5.41) is 4.41. The van der Waals surface area contributed by atoms with Gasteiger partial charge in [-0.25, -0.2) is 0 Å². The van der Waals surface area contributed by atoms with Crippen LogP contribution in [0.15, 0.2) is 22.7 Å². The van der Waals surface area contributed by atoms with E-state index in [2.05, 4.69) is 10.1 Å². The number of halogens is 1. The number of aromatic nitrogens is 2. The first-order valence-corrected chi connectivity index (χ1v) is 8.85. The minimum atomic E-state index is -0.0912. The fourth-order valence-electron chi connectivity index (χ4n) is 2.57. The van der Waals surface area contributed by atoms with Crippen LogP contribution in [0.25, 0.3) is 0 Å². The van der Waals surface area contributed by atoms with Crippen molar-refractivity contribution in [2.24, 2.45) is 0 Å². The molecule has 0 aliphatic carbocycles. The van der Waals surface area contributed by atoms with Gasteiger partial charge in [-0.05, 0) is 24.5 Å². The summed E-state index contributed by atoms with van der Waals surface area (Å²) in [5.41, 5.74) is 0.743. The Morgan fingerprint density at radius 2 is 2.35 bits per heavy atom. The Bertz CT molecular complexity index is 722. The van der Waals surface area contributed by atoms with E-state index in [1.807, 2.05) is 12.3 Å². The zero-order valence-corrected chi connectivity index (χ0v) is 14.4. The molecule has 0 N–H and O–H groups in total. The number of amides is 1. The molecule has 1 aliphatic rings. The standard InChI is InChI=1S/C15H16ClN3O3S/c1-21-12-4-3-10(6-11(12)16)19-7-9(5-14(19)20)15-17-13(8-23-2)18-22-15/h3-4,6,9H,5,7-8H2,1-2H3/t9-/m1/s1. The molecule has 1 aromatic carbocycles. The van der Waals surface area contributed by atoms with E-state index < -0.39 is 0 Å². The number of methoxy groups -OCH3 is 1. The maximum Gasteiger partial charge on any atom is 0.232 e. The molecule has 0 spiro atoms. The lowest BCUT2D eigenvalue weighted by Crippen LogP contribution is -2.24. The molecule has 2 heterocycles. The van der Waals surface area contributed by atoms with Gasteiger partial charge in [0.05, 0.1) is 23.8 Å². The first kappa shape index (κ1) is 16.1. The number of thioether (sulfide) groups is 1. The van der Waals surface area contributed by atoms with Gasteiger partial charge in [-0.1, -0.05) is 16.8 Å². The Morgan fingerprint density at radius 3 is 3.04 bits per heavy atom. The third-order valence-electron chi connectivity index (χ3n) is 3.68. The molecule has 3 rings (SSSR count). The van der Waals surface area contributed by atoms with E-state index in [1.54, 1.807) is 35.9 Å². The molecular weight excluding hydrogens is 338 g/mol. The van der Waals surface area contributed by atoms with Crippen LogP contribution in [0.5, 0.6) is 5.75 Å². The molecule has 1 saturated heterocycles. The lowest BCUT2D eigenvalue weighted by atomic mass is 10.1. The normalized spacial score (nSPS) is 17.8. The van der Waals surface area contributed by atoms with Crippen LogP contribution in [0.1, 0.15) is 24.1 Å². The zero-order chi connectivity index (χ0) is 16.4. The highest BCUT2D eigenvalue weighted by Crippen LogP contribution is 2.34. The molecule has 1 fully saturated rings. The number of anilines is 1. The average molecular weight is 354 g/mol. The number of carbonyl (C=O) groups is 1. The van der Waals surface area contributed by atoms with Crippen LogP contribution >= 0.6 is 23.4 Å². The van der Waals surface area contributed by atoms with E-state index in [4.69, 9.17) is 20.9 Å². The summed E-state index contributed by atoms with van der Waals surface area (Å²) >= 11 is 7.77. The summed E-state index contributed by atoms with van der Waals surface area (Å²) < 4.78 is 10.4. The van der Waals surface area contributed by atoms with Gasteiger partial charge in [0.15, 0.2) is 5.82 Å². The van der Waals surface area contributed by atoms with Crippen molar-refractivity contribution in [3.05, 3.63) is 34.9 Å². The highest BCUT2D eigenvalue weighted by Gasteiger charge is 2.35. The second-order valence-electron chi connectivity index (χ2n) is 5.21. The second-order valence-corrected chi connectivity index (χ2v) is 6.48. The maximum atomic E-state index is 12.3. The molecule has 1 aromatic heterocycles. The average Bonchev–Trinajstić information content (AvgIpc) is 3.14. The highest BCUT2D eigenvalue weighted by molar-refractivity contribution is 7.97. The highest BCUT2D eigenvalue weighted by atomic mass is 35.5. The van der Waals surface area contributed by atoms with E-state index in [9.17, 15) is 4.79 Å². The van der Waals surface area contributed by atoms with E-state index in [0.717, 1.165) is 5.69 Å². The lowest BCUT2D eigenvalue weighted by molar-refractivity contribution is -0.117. The minimum absolute atomic E-state index is 0.0147. The van der Waals surface area contributed by atoms with Gasteiger partial charge in [0.25, 0.3) is 0 Å². The molecule has 0 radical (unpaired) electrons. The molecule has 2 aromatic rings. The largest absolute Gasteiger partial charge is 0.495 e. The molecule has 0 unspecified atom stereocenters. The van der Waals surface area contributed by atoms with E-state index in [-0.39, 0.29) is 11.8 Å². The fraction of sp³-hybridized carbons (Fsp3) is 0.400. The van der Waals surface area contributed by atoms with Crippen molar-refractivity contribution in [2.75, 3.05) is 24.8 Å². The molecule has 1 aliphatic heterocycles. The predicted octanol–water partition coefficient (Wildman–Crippen LogP) is 3.12. The molecule has 1 amide bonds. The summed E-state index contributed by atoms with van der Waals surface area (Å²) in [5.74, 6) is 2.38. The van der Waals surface area contributed by atoms with Crippen molar-refractivity contribution in [3.63, 3.8) is 0 Å². The summed E-state index contributed by atoms with van der Waals surface area (Å²) in [4.78, 5) is 18.4. The van der Waals surface area contributed by atoms with Crippen molar-refractivity contribution >= 4 is 35.0 Å². The zero-order valence-electron chi connectivity index (χ0n) is 12.8. The lowest BCUT2D eigenvalue weighted by Gasteiger charge is -2.17. The Hall–Kier alpha value is -1.73. The van der Waals surface area contributed by atoms with Gasteiger partial charge in [0, 0.05) is 18.7 Å². The SMILES string of the molecule is COc1ccc(N2C[C@H](c3nc(CSC)no3)CC2=O)cc1Cl. The summed E-state index contributed by atoms with van der Waals surface area (Å²) in [6.07, 6.45) is 2.33. The molecule has 6 nitrogen and oxygen atoms in total. The van der Waals surface area contributed by atoms with Gasteiger partial charge >= 0.3 is 0 Å². The van der Waals surface area contributed by atoms with Gasteiger partial charge in [-0.15, -0.1) is 0 Å². The second kappa shape index (κ2) is 6.80. The van der Waals surface area contributed by atoms with Gasteiger partial charge < -0.3 is 14.2 Å². The smallest absolute Gasteiger partial charge is 0.232 e. The number of ether oxygens (including phenoxy) is 1. The van der Waals surface area contributed by atoms with E-state index in [0.29, 0.717) is 41.2 Å². The van der Waals surface area contributed by atoms with Crippen molar-refractivity contribution in [1.29, 1.82) is 0 Å². The summed E-state index contributed by atoms with van der Waals surface area (Å²) in [6.45, 7) is 0.502.